The van der Waals surface area contributed by atoms with E-state index in [1.807, 2.05) is 0 Å². The fraction of sp³-hybridized carbons (Fsp3) is 0.333. The summed E-state index contributed by atoms with van der Waals surface area (Å²) in [7, 11) is 1.27. The van der Waals surface area contributed by atoms with Gasteiger partial charge in [0.15, 0.2) is 5.69 Å². The molecule has 15 heavy (non-hydrogen) atoms. The van der Waals surface area contributed by atoms with Crippen LogP contribution >= 0.6 is 0 Å². The van der Waals surface area contributed by atoms with Gasteiger partial charge in [0, 0.05) is 13.2 Å². The van der Waals surface area contributed by atoms with Crippen LogP contribution in [0.25, 0.3) is 0 Å². The van der Waals surface area contributed by atoms with Crippen molar-refractivity contribution >= 4 is 5.69 Å². The number of hydrogen-bond donors (Lipinski definition) is 0. The summed E-state index contributed by atoms with van der Waals surface area (Å²) >= 11 is 0. The molecule has 0 aromatic carbocycles. The van der Waals surface area contributed by atoms with Crippen molar-refractivity contribution in [3.8, 4) is 6.07 Å². The highest BCUT2D eigenvalue weighted by molar-refractivity contribution is 5.55. The van der Waals surface area contributed by atoms with Gasteiger partial charge in [0.1, 0.15) is 12.6 Å². The van der Waals surface area contributed by atoms with E-state index in [4.69, 9.17) is 5.26 Å². The van der Waals surface area contributed by atoms with Crippen molar-refractivity contribution in [2.45, 2.75) is 6.18 Å². The lowest BCUT2D eigenvalue weighted by molar-refractivity contribution is -0.119. The zero-order chi connectivity index (χ0) is 11.5. The van der Waals surface area contributed by atoms with Gasteiger partial charge in [0.2, 0.25) is 0 Å². The molecule has 0 amide bonds. The van der Waals surface area contributed by atoms with Crippen molar-refractivity contribution < 1.29 is 13.2 Å². The Hall–Kier alpha value is -1.77. The average Bonchev–Trinajstić information content (AvgIpc) is 2.15. The average molecular weight is 215 g/mol. The molecular formula is C9H8F3N3. The van der Waals surface area contributed by atoms with Crippen LogP contribution in [0.15, 0.2) is 18.3 Å². The van der Waals surface area contributed by atoms with Gasteiger partial charge in [-0.1, -0.05) is 0 Å². The molecule has 0 spiro atoms. The highest BCUT2D eigenvalue weighted by Gasteiger charge is 2.30. The molecule has 0 aliphatic carbocycles. The molecule has 0 atom stereocenters. The second-order valence-corrected chi connectivity index (χ2v) is 2.95. The van der Waals surface area contributed by atoms with E-state index in [9.17, 15) is 13.2 Å². The van der Waals surface area contributed by atoms with Crippen molar-refractivity contribution in [1.82, 2.24) is 4.98 Å². The Morgan fingerprint density at radius 3 is 2.73 bits per heavy atom. The van der Waals surface area contributed by atoms with Crippen molar-refractivity contribution in [3.05, 3.63) is 24.0 Å². The lowest BCUT2D eigenvalue weighted by Crippen LogP contribution is -2.31. The fourth-order valence-corrected chi connectivity index (χ4v) is 1.15. The van der Waals surface area contributed by atoms with Crippen molar-refractivity contribution in [2.75, 3.05) is 18.5 Å². The maximum Gasteiger partial charge on any atom is 0.405 e. The summed E-state index contributed by atoms with van der Waals surface area (Å²) in [5.74, 6) is 0. The van der Waals surface area contributed by atoms with Gasteiger partial charge in [-0.25, -0.2) is 4.98 Å². The van der Waals surface area contributed by atoms with Crippen LogP contribution in [0.2, 0.25) is 0 Å². The smallest absolute Gasteiger partial charge is 0.363 e. The van der Waals surface area contributed by atoms with Gasteiger partial charge >= 0.3 is 6.18 Å². The minimum absolute atomic E-state index is 0.00995. The van der Waals surface area contributed by atoms with Crippen LogP contribution in [-0.4, -0.2) is 24.8 Å². The molecular weight excluding hydrogens is 207 g/mol. The number of alkyl halides is 3. The van der Waals surface area contributed by atoms with Crippen molar-refractivity contribution in [3.63, 3.8) is 0 Å². The largest absolute Gasteiger partial charge is 0.405 e. The first-order chi connectivity index (χ1) is 6.94. The predicted molar refractivity (Wildman–Crippen MR) is 48.3 cm³/mol. The summed E-state index contributed by atoms with van der Waals surface area (Å²) in [4.78, 5) is 4.63. The first-order valence-electron chi connectivity index (χ1n) is 4.07. The molecule has 0 N–H and O–H groups in total. The van der Waals surface area contributed by atoms with E-state index in [0.29, 0.717) is 0 Å². The Morgan fingerprint density at radius 1 is 1.53 bits per heavy atom. The maximum atomic E-state index is 12.1. The Bertz CT molecular complexity index is 381. The number of nitriles is 1. The molecule has 0 saturated carbocycles. The molecule has 1 heterocycles. The lowest BCUT2D eigenvalue weighted by Gasteiger charge is -2.21. The molecule has 1 aromatic heterocycles. The minimum atomic E-state index is -4.29. The van der Waals surface area contributed by atoms with Crippen molar-refractivity contribution in [1.29, 1.82) is 5.26 Å². The van der Waals surface area contributed by atoms with Gasteiger partial charge < -0.3 is 4.90 Å². The molecule has 6 heteroatoms. The first-order valence-corrected chi connectivity index (χ1v) is 4.07. The second kappa shape index (κ2) is 4.17. The number of nitrogens with zero attached hydrogens (tertiary/aromatic N) is 3. The molecule has 1 aromatic rings. The Labute approximate surface area is 84.8 Å². The molecule has 0 radical (unpaired) electrons. The number of rotatable bonds is 2. The van der Waals surface area contributed by atoms with Crippen molar-refractivity contribution in [2.24, 2.45) is 0 Å². The maximum absolute atomic E-state index is 12.1. The molecule has 3 nitrogen and oxygen atoms in total. The molecule has 0 bridgehead atoms. The highest BCUT2D eigenvalue weighted by atomic mass is 19.4. The third-order valence-corrected chi connectivity index (χ3v) is 1.72. The number of pyridine rings is 1. The summed E-state index contributed by atoms with van der Waals surface area (Å²) in [6.45, 7) is -1.10. The number of anilines is 1. The summed E-state index contributed by atoms with van der Waals surface area (Å²) in [5.41, 5.74) is 0.168. The van der Waals surface area contributed by atoms with E-state index in [1.54, 1.807) is 6.07 Å². The number of halogens is 3. The van der Waals surface area contributed by atoms with Gasteiger partial charge in [-0.3, -0.25) is 0 Å². The topological polar surface area (TPSA) is 39.9 Å². The predicted octanol–water partition coefficient (Wildman–Crippen LogP) is 1.95. The van der Waals surface area contributed by atoms with Crippen LogP contribution in [0.1, 0.15) is 5.69 Å². The van der Waals surface area contributed by atoms with Gasteiger partial charge in [-0.2, -0.15) is 18.4 Å². The fourth-order valence-electron chi connectivity index (χ4n) is 1.15. The Morgan fingerprint density at radius 2 is 2.20 bits per heavy atom. The van der Waals surface area contributed by atoms with Gasteiger partial charge in [-0.15, -0.1) is 0 Å². The molecule has 0 fully saturated rings. The van der Waals surface area contributed by atoms with Gasteiger partial charge in [-0.05, 0) is 12.1 Å². The third kappa shape index (κ3) is 3.13. The van der Waals surface area contributed by atoms with E-state index >= 15 is 0 Å². The summed E-state index contributed by atoms with van der Waals surface area (Å²) < 4.78 is 36.2. The van der Waals surface area contributed by atoms with E-state index < -0.39 is 12.7 Å². The van der Waals surface area contributed by atoms with Crippen LogP contribution in [0.4, 0.5) is 18.9 Å². The van der Waals surface area contributed by atoms with E-state index in [1.165, 1.54) is 25.4 Å². The SMILES string of the molecule is CN(CC(F)(F)F)c1cccnc1C#N. The van der Waals surface area contributed by atoms with E-state index in [0.717, 1.165) is 4.90 Å². The molecule has 0 aliphatic heterocycles. The third-order valence-electron chi connectivity index (χ3n) is 1.72. The van der Waals surface area contributed by atoms with Crippen LogP contribution < -0.4 is 4.90 Å². The summed E-state index contributed by atoms with van der Waals surface area (Å²) in [6.07, 6.45) is -2.93. The summed E-state index contributed by atoms with van der Waals surface area (Å²) in [6, 6.07) is 4.66. The van der Waals surface area contributed by atoms with Crippen LogP contribution in [0.3, 0.4) is 0 Å². The van der Waals surface area contributed by atoms with Gasteiger partial charge in [0.25, 0.3) is 0 Å². The highest BCUT2D eigenvalue weighted by Crippen LogP contribution is 2.22. The molecule has 80 valence electrons. The molecule has 0 saturated heterocycles. The molecule has 1 rings (SSSR count). The monoisotopic (exact) mass is 215 g/mol. The molecule has 0 unspecified atom stereocenters. The van der Waals surface area contributed by atoms with Crippen LogP contribution in [0, 0.1) is 11.3 Å². The molecule has 0 aliphatic rings. The van der Waals surface area contributed by atoms with Crippen LogP contribution in [-0.2, 0) is 0 Å². The minimum Gasteiger partial charge on any atom is -0.363 e. The van der Waals surface area contributed by atoms with E-state index in [2.05, 4.69) is 4.98 Å². The standard InChI is InChI=1S/C9H8F3N3/c1-15(6-9(10,11)12)8-3-2-4-14-7(8)5-13/h2-4H,6H2,1H3. The lowest BCUT2D eigenvalue weighted by atomic mass is 10.3. The summed E-state index contributed by atoms with van der Waals surface area (Å²) in [5, 5.41) is 8.65. The quantitative estimate of drug-likeness (QED) is 0.757. The van der Waals surface area contributed by atoms with E-state index in [-0.39, 0.29) is 11.4 Å². The second-order valence-electron chi connectivity index (χ2n) is 2.95. The Kier molecular flexibility index (Phi) is 3.14. The number of aromatic nitrogens is 1. The zero-order valence-corrected chi connectivity index (χ0v) is 7.91. The van der Waals surface area contributed by atoms with Gasteiger partial charge in [0.05, 0.1) is 5.69 Å². The first kappa shape index (κ1) is 11.3. The normalized spacial score (nSPS) is 10.9. The van der Waals surface area contributed by atoms with Crippen LogP contribution in [0.5, 0.6) is 0 Å². The number of hydrogen-bond acceptors (Lipinski definition) is 3. The Balaban J connectivity index is 2.92. The zero-order valence-electron chi connectivity index (χ0n) is 7.91.